The standard InChI is InChI=1S/C71H116O6/c1-4-7-10-13-16-19-22-24-25-26-27-28-29-30-31-32-33-34-35-36-37-38-39-40-41-42-43-44-45-47-49-52-55-58-61-64-70(73)76-67-68(66-75-69(72)63-60-57-54-51-48-21-18-15-12-9-6-3)77-71(74)65-62-59-56-53-50-46-23-20-17-14-11-8-5-2/h7,10-11,14,16,19-20,23-25,27-28,30-31,33-34,36-37,39-40,42-43,68H,4-6,8-9,12-13,15,17-18,21-22,26,29,32,35,38,41,44-67H2,1-3H3/b10-7-,14-11-,19-16-,23-20-,25-24-,28-27-,31-30-,34-33-,37-36-,40-39-,43-42-. The molecule has 0 aromatic carbocycles. The summed E-state index contributed by atoms with van der Waals surface area (Å²) in [4.78, 5) is 38.1. The molecule has 0 bridgehead atoms. The Hall–Kier alpha value is -4.45. The third kappa shape index (κ3) is 62.3. The molecule has 0 N–H and O–H groups in total. The van der Waals surface area contributed by atoms with Crippen LogP contribution in [-0.2, 0) is 28.6 Å². The van der Waals surface area contributed by atoms with E-state index in [0.29, 0.717) is 19.3 Å². The van der Waals surface area contributed by atoms with Gasteiger partial charge in [0.1, 0.15) is 13.2 Å². The smallest absolute Gasteiger partial charge is 0.306 e. The van der Waals surface area contributed by atoms with Crippen LogP contribution in [-0.4, -0.2) is 37.2 Å². The summed E-state index contributed by atoms with van der Waals surface area (Å²) in [7, 11) is 0. The Kier molecular flexibility index (Phi) is 60.4. The average Bonchev–Trinajstić information content (AvgIpc) is 3.43. The number of carbonyl (C=O) groups is 3. The molecule has 0 spiro atoms. The van der Waals surface area contributed by atoms with Crippen molar-refractivity contribution in [2.24, 2.45) is 0 Å². The highest BCUT2D eigenvalue weighted by molar-refractivity contribution is 5.71. The summed E-state index contributed by atoms with van der Waals surface area (Å²) in [6.45, 7) is 6.43. The Bertz CT molecular complexity index is 1650. The minimum Gasteiger partial charge on any atom is -0.462 e. The molecule has 0 saturated heterocycles. The largest absolute Gasteiger partial charge is 0.462 e. The van der Waals surface area contributed by atoms with Crippen LogP contribution in [0.15, 0.2) is 134 Å². The van der Waals surface area contributed by atoms with Crippen molar-refractivity contribution in [1.82, 2.24) is 0 Å². The van der Waals surface area contributed by atoms with Gasteiger partial charge in [-0.3, -0.25) is 14.4 Å². The topological polar surface area (TPSA) is 78.9 Å². The summed E-state index contributed by atoms with van der Waals surface area (Å²) in [6.07, 6.45) is 90.3. The highest BCUT2D eigenvalue weighted by Crippen LogP contribution is 2.15. The van der Waals surface area contributed by atoms with Gasteiger partial charge in [0.05, 0.1) is 0 Å². The molecule has 0 fully saturated rings. The van der Waals surface area contributed by atoms with Crippen LogP contribution in [0, 0.1) is 0 Å². The number of allylic oxidation sites excluding steroid dienone is 22. The van der Waals surface area contributed by atoms with Gasteiger partial charge in [-0.05, 0) is 116 Å². The molecule has 0 radical (unpaired) electrons. The molecule has 0 aliphatic rings. The Morgan fingerprint density at radius 2 is 0.532 bits per heavy atom. The average molecular weight is 1070 g/mol. The number of hydrogen-bond acceptors (Lipinski definition) is 6. The van der Waals surface area contributed by atoms with Gasteiger partial charge >= 0.3 is 17.9 Å². The third-order valence-corrected chi connectivity index (χ3v) is 13.1. The van der Waals surface area contributed by atoms with Crippen LogP contribution >= 0.6 is 0 Å². The van der Waals surface area contributed by atoms with Gasteiger partial charge in [-0.2, -0.15) is 0 Å². The molecule has 6 nitrogen and oxygen atoms in total. The van der Waals surface area contributed by atoms with Crippen molar-refractivity contribution in [3.05, 3.63) is 134 Å². The highest BCUT2D eigenvalue weighted by Gasteiger charge is 2.19. The molecule has 0 rings (SSSR count). The molecular formula is C71H116O6. The first-order chi connectivity index (χ1) is 38.0. The quantitative estimate of drug-likeness (QED) is 0.0261. The maximum atomic E-state index is 12.8. The molecule has 0 heterocycles. The zero-order valence-corrected chi connectivity index (χ0v) is 49.9. The molecule has 0 aliphatic carbocycles. The van der Waals surface area contributed by atoms with Crippen molar-refractivity contribution in [2.75, 3.05) is 13.2 Å². The van der Waals surface area contributed by atoms with Gasteiger partial charge in [-0.25, -0.2) is 0 Å². The van der Waals surface area contributed by atoms with Gasteiger partial charge in [0.15, 0.2) is 6.10 Å². The van der Waals surface area contributed by atoms with Gasteiger partial charge in [0.25, 0.3) is 0 Å². The SMILES string of the molecule is CC/C=C\C/C=C\C/C=C\C/C=C\C/C=C\C/C=C\C/C=C\C/C=C\C/C=C\CCCCCCCCCC(=O)OCC(COC(=O)CCCCCCCCCCCCC)OC(=O)CCCCCCC/C=C\C/C=C\CCC. The summed E-state index contributed by atoms with van der Waals surface area (Å²) >= 11 is 0. The zero-order chi connectivity index (χ0) is 55.7. The van der Waals surface area contributed by atoms with Gasteiger partial charge in [-0.1, -0.05) is 276 Å². The molecule has 1 unspecified atom stereocenters. The number of rotatable bonds is 56. The Balaban J connectivity index is 4.21. The number of ether oxygens (including phenoxy) is 3. The number of esters is 3. The summed E-state index contributed by atoms with van der Waals surface area (Å²) < 4.78 is 16.8. The van der Waals surface area contributed by atoms with E-state index in [1.54, 1.807) is 0 Å². The lowest BCUT2D eigenvalue weighted by atomic mass is 10.1. The van der Waals surface area contributed by atoms with Gasteiger partial charge in [0.2, 0.25) is 0 Å². The number of hydrogen-bond donors (Lipinski definition) is 0. The molecule has 1 atom stereocenters. The minimum atomic E-state index is -0.791. The van der Waals surface area contributed by atoms with Crippen LogP contribution in [0.5, 0.6) is 0 Å². The van der Waals surface area contributed by atoms with E-state index < -0.39 is 6.10 Å². The lowest BCUT2D eigenvalue weighted by Crippen LogP contribution is -2.30. The van der Waals surface area contributed by atoms with Crippen molar-refractivity contribution in [1.29, 1.82) is 0 Å². The van der Waals surface area contributed by atoms with Gasteiger partial charge in [0, 0.05) is 19.3 Å². The molecule has 0 aliphatic heterocycles. The summed E-state index contributed by atoms with van der Waals surface area (Å²) in [5.74, 6) is -0.914. The Morgan fingerprint density at radius 3 is 0.844 bits per heavy atom. The maximum absolute atomic E-state index is 12.8. The van der Waals surface area contributed by atoms with E-state index in [4.69, 9.17) is 14.2 Å². The first kappa shape index (κ1) is 72.5. The lowest BCUT2D eigenvalue weighted by Gasteiger charge is -2.18. The fourth-order valence-electron chi connectivity index (χ4n) is 8.41. The lowest BCUT2D eigenvalue weighted by molar-refractivity contribution is -0.167. The van der Waals surface area contributed by atoms with Crippen LogP contribution in [0.4, 0.5) is 0 Å². The minimum absolute atomic E-state index is 0.0875. The molecular weight excluding hydrogens is 949 g/mol. The number of carbonyl (C=O) groups excluding carboxylic acids is 3. The van der Waals surface area contributed by atoms with Crippen LogP contribution in [0.1, 0.15) is 278 Å². The molecule has 77 heavy (non-hydrogen) atoms. The zero-order valence-electron chi connectivity index (χ0n) is 49.9. The summed E-state index contributed by atoms with van der Waals surface area (Å²) in [5, 5.41) is 0. The van der Waals surface area contributed by atoms with Gasteiger partial charge < -0.3 is 14.2 Å². The van der Waals surface area contributed by atoms with E-state index in [1.807, 2.05) is 0 Å². The van der Waals surface area contributed by atoms with Gasteiger partial charge in [-0.15, -0.1) is 0 Å². The Morgan fingerprint density at radius 1 is 0.273 bits per heavy atom. The fraction of sp³-hybridized carbons (Fsp3) is 0.648. The molecule has 0 amide bonds. The molecule has 0 aromatic rings. The summed E-state index contributed by atoms with van der Waals surface area (Å²) in [6, 6.07) is 0. The predicted molar refractivity (Wildman–Crippen MR) is 334 cm³/mol. The second-order valence-corrected chi connectivity index (χ2v) is 20.6. The van der Waals surface area contributed by atoms with E-state index in [-0.39, 0.29) is 31.1 Å². The fourth-order valence-corrected chi connectivity index (χ4v) is 8.41. The van der Waals surface area contributed by atoms with E-state index in [9.17, 15) is 14.4 Å². The van der Waals surface area contributed by atoms with Crippen molar-refractivity contribution in [3.63, 3.8) is 0 Å². The molecule has 0 aromatic heterocycles. The second-order valence-electron chi connectivity index (χ2n) is 20.6. The van der Waals surface area contributed by atoms with E-state index in [2.05, 4.69) is 154 Å². The van der Waals surface area contributed by atoms with Crippen molar-refractivity contribution >= 4 is 17.9 Å². The van der Waals surface area contributed by atoms with Crippen LogP contribution < -0.4 is 0 Å². The van der Waals surface area contributed by atoms with Crippen LogP contribution in [0.2, 0.25) is 0 Å². The van der Waals surface area contributed by atoms with Crippen LogP contribution in [0.25, 0.3) is 0 Å². The first-order valence-corrected chi connectivity index (χ1v) is 31.7. The molecule has 0 saturated carbocycles. The predicted octanol–water partition coefficient (Wildman–Crippen LogP) is 21.8. The monoisotopic (exact) mass is 1060 g/mol. The van der Waals surface area contributed by atoms with Crippen molar-refractivity contribution in [2.45, 2.75) is 284 Å². The van der Waals surface area contributed by atoms with Crippen molar-refractivity contribution < 1.29 is 28.6 Å². The highest BCUT2D eigenvalue weighted by atomic mass is 16.6. The summed E-state index contributed by atoms with van der Waals surface area (Å²) in [5.41, 5.74) is 0. The third-order valence-electron chi connectivity index (χ3n) is 13.1. The second kappa shape index (κ2) is 64.1. The van der Waals surface area contributed by atoms with Crippen LogP contribution in [0.3, 0.4) is 0 Å². The molecule has 436 valence electrons. The van der Waals surface area contributed by atoms with E-state index in [0.717, 1.165) is 154 Å². The first-order valence-electron chi connectivity index (χ1n) is 31.7. The Labute approximate surface area is 475 Å². The molecule has 6 heteroatoms. The van der Waals surface area contributed by atoms with E-state index >= 15 is 0 Å². The van der Waals surface area contributed by atoms with E-state index in [1.165, 1.54) is 83.5 Å². The normalized spacial score (nSPS) is 13.0. The van der Waals surface area contributed by atoms with Crippen molar-refractivity contribution in [3.8, 4) is 0 Å². The number of unbranched alkanes of at least 4 members (excludes halogenated alkanes) is 23. The maximum Gasteiger partial charge on any atom is 0.306 e.